The van der Waals surface area contributed by atoms with E-state index in [0.717, 1.165) is 15.1 Å². The molecular weight excluding hydrogens is 400 g/mol. The first-order chi connectivity index (χ1) is 5.00. The van der Waals surface area contributed by atoms with E-state index >= 15 is 0 Å². The van der Waals surface area contributed by atoms with Crippen molar-refractivity contribution in [2.24, 2.45) is 0 Å². The first kappa shape index (κ1) is 20.9. The van der Waals surface area contributed by atoms with Gasteiger partial charge in [-0.3, -0.25) is 15.7 Å². The maximum absolute atomic E-state index is 3.81. The van der Waals surface area contributed by atoms with E-state index in [1.165, 1.54) is 31.8 Å². The first-order valence-electron chi connectivity index (χ1n) is 2.19. The Morgan fingerprint density at radius 1 is 0.846 bits per heavy atom. The van der Waals surface area contributed by atoms with Gasteiger partial charge in [-0.25, -0.2) is 0 Å². The van der Waals surface area contributed by atoms with Crippen LogP contribution in [0.3, 0.4) is 0 Å². The van der Waals surface area contributed by atoms with Crippen LogP contribution in [0, 0.1) is 11.9 Å². The van der Waals surface area contributed by atoms with E-state index in [1.807, 2.05) is 0 Å². The van der Waals surface area contributed by atoms with E-state index < -0.39 is 0 Å². The van der Waals surface area contributed by atoms with Gasteiger partial charge in [0.2, 0.25) is 0 Å². The largest absolute Gasteiger partial charge is 4.00 e. The van der Waals surface area contributed by atoms with Crippen molar-refractivity contribution in [1.29, 1.82) is 0 Å². The Balaban J connectivity index is -0.000000125. The van der Waals surface area contributed by atoms with Gasteiger partial charge >= 0.3 is 26.2 Å². The molecule has 0 saturated heterocycles. The van der Waals surface area contributed by atoms with Crippen LogP contribution in [0.1, 0.15) is 0 Å². The molecule has 0 spiro atoms. The Morgan fingerprint density at radius 2 is 1.23 bits per heavy atom. The topological polar surface area (TPSA) is 25.8 Å². The third-order valence-electron chi connectivity index (χ3n) is 0.479. The van der Waals surface area contributed by atoms with Gasteiger partial charge in [0, 0.05) is 16.1 Å². The van der Waals surface area contributed by atoms with Crippen LogP contribution in [0.5, 0.6) is 0 Å². The molecule has 0 bridgehead atoms. The fourth-order valence-electron chi connectivity index (χ4n) is 0.224. The zero-order valence-electron chi connectivity index (χ0n) is 5.94. The van der Waals surface area contributed by atoms with Crippen LogP contribution in [0.15, 0.2) is 0 Å². The summed E-state index contributed by atoms with van der Waals surface area (Å²) in [5, 5.41) is 0. The minimum atomic E-state index is 0. The molecule has 0 aliphatic heterocycles. The smallest absolute Gasteiger partial charge is 1.00 e. The Bertz CT molecular complexity index is 166. The van der Waals surface area contributed by atoms with Crippen molar-refractivity contribution >= 4 is 46.9 Å². The third-order valence-corrected chi connectivity index (χ3v) is 7.72. The molecule has 2 nitrogen and oxygen atoms in total. The maximum Gasteiger partial charge on any atom is 4.00 e. The van der Waals surface area contributed by atoms with Crippen LogP contribution < -0.4 is 24.8 Å². The molecule has 2 aromatic rings. The summed E-state index contributed by atoms with van der Waals surface area (Å²) >= 11 is 0. The van der Waals surface area contributed by atoms with E-state index in [-0.39, 0.29) is 51.0 Å². The number of nitrogens with zero attached hydrogens (tertiary/aromatic N) is 2. The van der Waals surface area contributed by atoms with Gasteiger partial charge in [0.05, 0.1) is 0 Å². The standard InChI is InChI=1S/2CHNP3.2ClH.Zr/c2*1-2-4-5-3-1;;;/h2*5H;2*1H;/q2*-1;;;+4/p-2. The molecule has 2 aromatic heterocycles. The zero-order chi connectivity index (χ0) is 7.07. The van der Waals surface area contributed by atoms with E-state index in [9.17, 15) is 0 Å². The first-order valence-corrected chi connectivity index (χ1v) is 11.0. The molecule has 2 heterocycles. The second kappa shape index (κ2) is 17.0. The number of hydrogen-bond acceptors (Lipinski definition) is 2. The Hall–Kier alpha value is 2.60. The van der Waals surface area contributed by atoms with Crippen molar-refractivity contribution in [2.45, 2.75) is 0 Å². The minimum absolute atomic E-state index is 0. The monoisotopic (exact) mass is 400 g/mol. The van der Waals surface area contributed by atoms with Gasteiger partial charge in [-0.2, -0.15) is 0 Å². The summed E-state index contributed by atoms with van der Waals surface area (Å²) in [4.78, 5) is 0. The molecule has 0 N–H and O–H groups in total. The Kier molecular flexibility index (Phi) is 27.4. The summed E-state index contributed by atoms with van der Waals surface area (Å²) in [7, 11) is 6.97. The molecule has 2 atom stereocenters. The molecule has 11 heteroatoms. The number of halogens is 2. The minimum Gasteiger partial charge on any atom is -1.00 e. The molecule has 0 amide bonds. The van der Waals surface area contributed by atoms with Crippen molar-refractivity contribution in [2.75, 3.05) is 0 Å². The van der Waals surface area contributed by atoms with Crippen LogP contribution in [0.2, 0.25) is 0 Å². The molecule has 0 aromatic carbocycles. The molecule has 0 aliphatic rings. The molecule has 0 fully saturated rings. The summed E-state index contributed by atoms with van der Waals surface area (Å²) in [5.74, 6) is 5.64. The second-order valence-electron chi connectivity index (χ2n) is 1.02. The van der Waals surface area contributed by atoms with Crippen LogP contribution in [0.4, 0.5) is 0 Å². The van der Waals surface area contributed by atoms with Crippen LogP contribution in [-0.4, -0.2) is 9.49 Å². The number of aromatic nitrogens is 2. The summed E-state index contributed by atoms with van der Waals surface area (Å²) in [5.41, 5.74) is 0. The van der Waals surface area contributed by atoms with E-state index in [2.05, 4.69) is 21.4 Å². The van der Waals surface area contributed by atoms with Gasteiger partial charge in [0.25, 0.3) is 0 Å². The van der Waals surface area contributed by atoms with Gasteiger partial charge in [-0.1, -0.05) is 0 Å². The molecule has 0 saturated carbocycles. The molecule has 68 valence electrons. The number of hydrogen-bond donors (Lipinski definition) is 0. The summed E-state index contributed by atoms with van der Waals surface area (Å²) in [6.45, 7) is 0. The van der Waals surface area contributed by atoms with Gasteiger partial charge < -0.3 is 46.2 Å². The molecule has 0 radical (unpaired) electrons. The third kappa shape index (κ3) is 14.6. The van der Waals surface area contributed by atoms with Crippen LogP contribution in [0.25, 0.3) is 0 Å². The van der Waals surface area contributed by atoms with E-state index in [0.29, 0.717) is 0 Å². The Labute approximate surface area is 118 Å². The van der Waals surface area contributed by atoms with Crippen molar-refractivity contribution in [3.8, 4) is 0 Å². The molecule has 2 rings (SSSR count). The predicted octanol–water partition coefficient (Wildman–Crippen LogP) is -1.85. The van der Waals surface area contributed by atoms with Crippen LogP contribution in [-0.2, 0) is 26.2 Å². The van der Waals surface area contributed by atoms with Crippen molar-refractivity contribution in [3.05, 3.63) is 11.9 Å². The van der Waals surface area contributed by atoms with E-state index in [4.69, 9.17) is 0 Å². The summed E-state index contributed by atoms with van der Waals surface area (Å²) < 4.78 is 7.61. The van der Waals surface area contributed by atoms with Crippen molar-refractivity contribution in [1.82, 2.24) is 9.49 Å². The number of rotatable bonds is 0. The molecular formula is C2H2Cl2N2P6Zr. The fourth-order valence-corrected chi connectivity index (χ4v) is 6.04. The summed E-state index contributed by atoms with van der Waals surface area (Å²) in [6, 6.07) is 0. The van der Waals surface area contributed by atoms with E-state index in [1.54, 1.807) is 0 Å². The van der Waals surface area contributed by atoms with Gasteiger partial charge in [0.15, 0.2) is 0 Å². The molecule has 2 unspecified atom stereocenters. The van der Waals surface area contributed by atoms with Gasteiger partial charge in [0.1, 0.15) is 0 Å². The van der Waals surface area contributed by atoms with Gasteiger partial charge in [-0.05, 0) is 0 Å². The summed E-state index contributed by atoms with van der Waals surface area (Å²) in [6.07, 6.45) is 0. The van der Waals surface area contributed by atoms with Crippen LogP contribution >= 0.6 is 46.9 Å². The van der Waals surface area contributed by atoms with Crippen molar-refractivity contribution < 1.29 is 51.0 Å². The Morgan fingerprint density at radius 3 is 1.31 bits per heavy atom. The normalized spacial score (nSPS) is 9.85. The molecule has 13 heavy (non-hydrogen) atoms. The van der Waals surface area contributed by atoms with Crippen molar-refractivity contribution in [3.63, 3.8) is 0 Å². The predicted molar refractivity (Wildman–Crippen MR) is 55.2 cm³/mol. The fraction of sp³-hybridized carbons (Fsp3) is 0. The zero-order valence-corrected chi connectivity index (χ0v) is 15.5. The average molecular weight is 402 g/mol. The maximum atomic E-state index is 3.81. The average Bonchev–Trinajstić information content (AvgIpc) is 2.67. The molecule has 0 aliphatic carbocycles. The second-order valence-corrected chi connectivity index (χ2v) is 10.4. The SMILES string of the molecule is [Cl-].[Cl-].[Zr+4].[c-]1np[pH]p1.[c-]1np[pH]p1. The quantitative estimate of drug-likeness (QED) is 0.484. The van der Waals surface area contributed by atoms with Gasteiger partial charge in [-0.15, -0.1) is 15.1 Å².